The molecule has 0 aliphatic rings. The van der Waals surface area contributed by atoms with Crippen LogP contribution in [-0.2, 0) is 30.0 Å². The zero-order valence-electron chi connectivity index (χ0n) is 15.2. The zero-order chi connectivity index (χ0) is 20.3. The van der Waals surface area contributed by atoms with Crippen LogP contribution in [0.4, 0.5) is 0 Å². The second-order valence-electron chi connectivity index (χ2n) is 5.32. The fourth-order valence-electron chi connectivity index (χ4n) is 1.84. The maximum atomic E-state index is 11.8. The van der Waals surface area contributed by atoms with Crippen LogP contribution in [0.25, 0.3) is 0 Å². The van der Waals surface area contributed by atoms with Gasteiger partial charge in [-0.1, -0.05) is 31.9 Å². The van der Waals surface area contributed by atoms with E-state index < -0.39 is 20.5 Å². The summed E-state index contributed by atoms with van der Waals surface area (Å²) in [6.07, 6.45) is 0. The molecule has 9 heteroatoms. The first-order valence-corrected chi connectivity index (χ1v) is 12.6. The van der Waals surface area contributed by atoms with Crippen molar-refractivity contribution in [1.29, 1.82) is 4.78 Å². The van der Waals surface area contributed by atoms with Crippen molar-refractivity contribution in [3.05, 3.63) is 57.5 Å². The lowest BCUT2D eigenvalue weighted by molar-refractivity contribution is 0.217. The molecule has 0 saturated carbocycles. The molecule has 0 aliphatic carbocycles. The molecular formula is C18H23Br2NO4S2. The second-order valence-corrected chi connectivity index (χ2v) is 11.0. The standard InChI is InChI=1S/C9H12BrNO2S.C9H11BrO2S/c1-13-6-7-14(11,12)9-4-2-8(10)3-5-9;1-12-6-7-13(11)9-4-2-8(10)3-5-9/h2-5,11H,6-7H2,1H3;2-5H,6-7H2,1H3. The Balaban J connectivity index is 0.000000271. The van der Waals surface area contributed by atoms with Gasteiger partial charge in [-0.15, -0.1) is 0 Å². The van der Waals surface area contributed by atoms with E-state index in [0.29, 0.717) is 23.9 Å². The number of hydrogen-bond acceptors (Lipinski definition) is 5. The van der Waals surface area contributed by atoms with Crippen molar-refractivity contribution in [2.24, 2.45) is 0 Å². The van der Waals surface area contributed by atoms with Gasteiger partial charge in [0.15, 0.2) is 0 Å². The van der Waals surface area contributed by atoms with Gasteiger partial charge in [-0.2, -0.15) is 0 Å². The average molecular weight is 541 g/mol. The lowest BCUT2D eigenvalue weighted by atomic mass is 10.4. The van der Waals surface area contributed by atoms with Crippen molar-refractivity contribution < 1.29 is 17.9 Å². The predicted molar refractivity (Wildman–Crippen MR) is 117 cm³/mol. The highest BCUT2D eigenvalue weighted by atomic mass is 79.9. The van der Waals surface area contributed by atoms with Crippen LogP contribution >= 0.6 is 31.9 Å². The van der Waals surface area contributed by atoms with Crippen molar-refractivity contribution in [1.82, 2.24) is 0 Å². The lowest BCUT2D eigenvalue weighted by Crippen LogP contribution is -2.09. The number of nitrogens with one attached hydrogen (secondary N) is 1. The molecule has 0 fully saturated rings. The molecule has 0 aliphatic heterocycles. The van der Waals surface area contributed by atoms with Gasteiger partial charge in [-0.25, -0.2) is 8.99 Å². The Kier molecular flexibility index (Phi) is 11.6. The van der Waals surface area contributed by atoms with Gasteiger partial charge in [0, 0.05) is 33.0 Å². The molecule has 150 valence electrons. The number of halogens is 2. The Labute approximate surface area is 180 Å². The van der Waals surface area contributed by atoms with Crippen molar-refractivity contribution >= 4 is 52.4 Å². The fourth-order valence-corrected chi connectivity index (χ4v) is 4.57. The van der Waals surface area contributed by atoms with Crippen LogP contribution < -0.4 is 0 Å². The van der Waals surface area contributed by atoms with Crippen LogP contribution in [0.5, 0.6) is 0 Å². The van der Waals surface area contributed by atoms with Crippen LogP contribution in [-0.4, -0.2) is 47.4 Å². The van der Waals surface area contributed by atoms with E-state index in [2.05, 4.69) is 31.9 Å². The summed E-state index contributed by atoms with van der Waals surface area (Å²) in [7, 11) is -0.474. The molecule has 0 spiro atoms. The number of hydrogen-bond donors (Lipinski definition) is 1. The molecule has 0 amide bonds. The van der Waals surface area contributed by atoms with Gasteiger partial charge in [0.1, 0.15) is 0 Å². The Morgan fingerprint density at radius 3 is 1.89 bits per heavy atom. The van der Waals surface area contributed by atoms with Crippen molar-refractivity contribution in [2.75, 3.05) is 38.9 Å². The summed E-state index contributed by atoms with van der Waals surface area (Å²) in [5.41, 5.74) is 0. The molecular weight excluding hydrogens is 518 g/mol. The normalized spacial score (nSPS) is 13.9. The lowest BCUT2D eigenvalue weighted by Gasteiger charge is -2.06. The predicted octanol–water partition coefficient (Wildman–Crippen LogP) is 4.70. The minimum Gasteiger partial charge on any atom is -0.384 e. The van der Waals surface area contributed by atoms with Gasteiger partial charge < -0.3 is 9.47 Å². The van der Waals surface area contributed by atoms with E-state index in [4.69, 9.17) is 14.3 Å². The maximum Gasteiger partial charge on any atom is 0.0748 e. The van der Waals surface area contributed by atoms with E-state index in [1.165, 1.54) is 7.11 Å². The van der Waals surface area contributed by atoms with Gasteiger partial charge >= 0.3 is 0 Å². The third kappa shape index (κ3) is 9.45. The van der Waals surface area contributed by atoms with Gasteiger partial charge in [-0.05, 0) is 48.5 Å². The first-order chi connectivity index (χ1) is 12.8. The molecule has 2 atom stereocenters. The smallest absolute Gasteiger partial charge is 0.0748 e. The Morgan fingerprint density at radius 1 is 0.926 bits per heavy atom. The molecule has 0 heterocycles. The van der Waals surface area contributed by atoms with Crippen molar-refractivity contribution in [3.8, 4) is 0 Å². The van der Waals surface area contributed by atoms with Crippen LogP contribution in [0, 0.1) is 4.78 Å². The quantitative estimate of drug-likeness (QED) is 0.526. The van der Waals surface area contributed by atoms with E-state index in [-0.39, 0.29) is 5.75 Å². The third-order valence-corrected chi connectivity index (χ3v) is 7.49. The minimum atomic E-state index is -2.69. The Morgan fingerprint density at radius 2 is 1.41 bits per heavy atom. The Hall–Kier alpha value is -0.580. The second kappa shape index (κ2) is 12.8. The monoisotopic (exact) mass is 539 g/mol. The van der Waals surface area contributed by atoms with Gasteiger partial charge in [0.2, 0.25) is 0 Å². The topological polar surface area (TPSA) is 76.4 Å². The van der Waals surface area contributed by atoms with Crippen LogP contribution in [0.15, 0.2) is 67.3 Å². The summed E-state index contributed by atoms with van der Waals surface area (Å²) in [4.78, 5) is 1.40. The van der Waals surface area contributed by atoms with Crippen molar-refractivity contribution in [3.63, 3.8) is 0 Å². The largest absolute Gasteiger partial charge is 0.384 e. The molecule has 27 heavy (non-hydrogen) atoms. The van der Waals surface area contributed by atoms with E-state index in [1.54, 1.807) is 31.4 Å². The zero-order valence-corrected chi connectivity index (χ0v) is 20.0. The summed E-state index contributed by atoms with van der Waals surface area (Å²) in [6, 6.07) is 14.5. The molecule has 2 aromatic rings. The first-order valence-electron chi connectivity index (χ1n) is 7.94. The van der Waals surface area contributed by atoms with Gasteiger partial charge in [-0.3, -0.25) is 4.21 Å². The van der Waals surface area contributed by atoms with Crippen LogP contribution in [0.3, 0.4) is 0 Å². The molecule has 1 N–H and O–H groups in total. The molecule has 0 radical (unpaired) electrons. The SMILES string of the molecule is COCCS(=N)(=O)c1ccc(Br)cc1.COCCS(=O)c1ccc(Br)cc1. The summed E-state index contributed by atoms with van der Waals surface area (Å²) >= 11 is 6.61. The molecule has 0 saturated heterocycles. The minimum absolute atomic E-state index is 0.241. The van der Waals surface area contributed by atoms with Crippen LogP contribution in [0.1, 0.15) is 0 Å². The summed E-state index contributed by atoms with van der Waals surface area (Å²) in [5.74, 6) is 0.795. The van der Waals surface area contributed by atoms with Gasteiger partial charge in [0.25, 0.3) is 0 Å². The van der Waals surface area contributed by atoms with E-state index >= 15 is 0 Å². The van der Waals surface area contributed by atoms with Crippen molar-refractivity contribution in [2.45, 2.75) is 9.79 Å². The molecule has 2 rings (SSSR count). The molecule has 0 bridgehead atoms. The highest BCUT2D eigenvalue weighted by molar-refractivity contribution is 9.10. The number of rotatable bonds is 8. The van der Waals surface area contributed by atoms with Gasteiger partial charge in [0.05, 0.1) is 45.2 Å². The summed E-state index contributed by atoms with van der Waals surface area (Å²) in [6.45, 7) is 0.876. The number of ether oxygens (including phenoxy) is 2. The highest BCUT2D eigenvalue weighted by Gasteiger charge is 2.09. The van der Waals surface area contributed by atoms with E-state index in [0.717, 1.165) is 13.8 Å². The maximum absolute atomic E-state index is 11.8. The van der Waals surface area contributed by atoms with E-state index in [1.807, 2.05) is 24.3 Å². The summed E-state index contributed by atoms with van der Waals surface area (Å²) < 4.78 is 42.6. The summed E-state index contributed by atoms with van der Waals surface area (Å²) in [5, 5.41) is 0. The molecule has 2 unspecified atom stereocenters. The molecule has 5 nitrogen and oxygen atoms in total. The Bertz CT molecular complexity index is 810. The fraction of sp³-hybridized carbons (Fsp3) is 0.333. The number of benzene rings is 2. The third-order valence-electron chi connectivity index (χ3n) is 3.32. The molecule has 2 aromatic carbocycles. The van der Waals surface area contributed by atoms with Crippen LogP contribution in [0.2, 0.25) is 0 Å². The average Bonchev–Trinajstić information content (AvgIpc) is 2.66. The molecule has 0 aromatic heterocycles. The highest BCUT2D eigenvalue weighted by Crippen LogP contribution is 2.16. The first kappa shape index (κ1) is 24.5. The number of methoxy groups -OCH3 is 2. The van der Waals surface area contributed by atoms with E-state index in [9.17, 15) is 8.42 Å².